The summed E-state index contributed by atoms with van der Waals surface area (Å²) in [6.45, 7) is 1.93. The lowest BCUT2D eigenvalue weighted by Gasteiger charge is -2.18. The molecular weight excluding hydrogens is 373 g/mol. The van der Waals surface area contributed by atoms with Gasteiger partial charge in [-0.2, -0.15) is 4.98 Å². The molecule has 0 saturated carbocycles. The third-order valence-corrected chi connectivity index (χ3v) is 4.20. The van der Waals surface area contributed by atoms with Gasteiger partial charge in [0.25, 0.3) is 5.91 Å². The van der Waals surface area contributed by atoms with Crippen LogP contribution in [0.25, 0.3) is 0 Å². The summed E-state index contributed by atoms with van der Waals surface area (Å²) < 4.78 is 24.3. The summed E-state index contributed by atoms with van der Waals surface area (Å²) in [7, 11) is 1.59. The molecule has 3 rings (SSSR count). The van der Waals surface area contributed by atoms with Crippen molar-refractivity contribution in [2.75, 3.05) is 7.05 Å². The molecule has 1 amide bonds. The van der Waals surface area contributed by atoms with Crippen LogP contribution in [0.1, 0.15) is 27.6 Å². The fraction of sp³-hybridized carbons (Fsp3) is 0.211. The predicted molar refractivity (Wildman–Crippen MR) is 97.0 cm³/mol. The number of halogens is 2. The summed E-state index contributed by atoms with van der Waals surface area (Å²) in [4.78, 5) is 18.0. The number of amides is 1. The SMILES string of the molecule is Cc1nc(COc2ccc(C(=O)N(C)Cc3c(F)cccc3Cl)cc2)no1. The molecule has 0 aliphatic carbocycles. The van der Waals surface area contributed by atoms with Gasteiger partial charge < -0.3 is 14.2 Å². The molecular formula is C19H17ClFN3O3. The highest BCUT2D eigenvalue weighted by molar-refractivity contribution is 6.31. The van der Waals surface area contributed by atoms with Gasteiger partial charge in [-0.05, 0) is 36.4 Å². The van der Waals surface area contributed by atoms with E-state index in [1.54, 1.807) is 44.3 Å². The first kappa shape index (κ1) is 18.8. The van der Waals surface area contributed by atoms with Gasteiger partial charge >= 0.3 is 0 Å². The minimum Gasteiger partial charge on any atom is -0.485 e. The van der Waals surface area contributed by atoms with Crippen LogP contribution in [0.4, 0.5) is 4.39 Å². The van der Waals surface area contributed by atoms with Gasteiger partial charge in [0.05, 0.1) is 0 Å². The van der Waals surface area contributed by atoms with Crippen molar-refractivity contribution in [2.24, 2.45) is 0 Å². The summed E-state index contributed by atoms with van der Waals surface area (Å²) in [6, 6.07) is 11.1. The van der Waals surface area contributed by atoms with E-state index in [4.69, 9.17) is 20.9 Å². The molecule has 0 radical (unpaired) electrons. The Morgan fingerprint density at radius 2 is 2.00 bits per heavy atom. The van der Waals surface area contributed by atoms with Gasteiger partial charge in [0.1, 0.15) is 11.6 Å². The molecule has 140 valence electrons. The second kappa shape index (κ2) is 8.18. The molecule has 2 aromatic carbocycles. The Bertz CT molecular complexity index is 923. The molecule has 0 bridgehead atoms. The van der Waals surface area contributed by atoms with E-state index in [1.807, 2.05) is 0 Å². The van der Waals surface area contributed by atoms with Crippen molar-refractivity contribution in [1.29, 1.82) is 0 Å². The molecule has 27 heavy (non-hydrogen) atoms. The zero-order valence-electron chi connectivity index (χ0n) is 14.8. The smallest absolute Gasteiger partial charge is 0.253 e. The Morgan fingerprint density at radius 1 is 1.26 bits per heavy atom. The van der Waals surface area contributed by atoms with Gasteiger partial charge in [0.15, 0.2) is 6.61 Å². The summed E-state index contributed by atoms with van der Waals surface area (Å²) >= 11 is 6.02. The van der Waals surface area contributed by atoms with Crippen LogP contribution in [-0.4, -0.2) is 28.0 Å². The van der Waals surface area contributed by atoms with E-state index in [9.17, 15) is 9.18 Å². The Balaban J connectivity index is 1.62. The normalized spacial score (nSPS) is 10.7. The number of hydrogen-bond acceptors (Lipinski definition) is 5. The van der Waals surface area contributed by atoms with Crippen molar-refractivity contribution < 1.29 is 18.4 Å². The van der Waals surface area contributed by atoms with Crippen LogP contribution in [0.15, 0.2) is 47.0 Å². The summed E-state index contributed by atoms with van der Waals surface area (Å²) in [6.07, 6.45) is 0. The number of rotatable bonds is 6. The average molecular weight is 390 g/mol. The lowest BCUT2D eigenvalue weighted by atomic mass is 10.1. The molecule has 3 aromatic rings. The largest absolute Gasteiger partial charge is 0.485 e. The van der Waals surface area contributed by atoms with Gasteiger partial charge in [-0.15, -0.1) is 0 Å². The molecule has 0 fully saturated rings. The number of nitrogens with zero attached hydrogens (tertiary/aromatic N) is 3. The van der Waals surface area contributed by atoms with Crippen molar-refractivity contribution >= 4 is 17.5 Å². The fourth-order valence-electron chi connectivity index (χ4n) is 2.45. The molecule has 1 heterocycles. The number of aromatic nitrogens is 2. The minimum atomic E-state index is -0.442. The number of benzene rings is 2. The summed E-state index contributed by atoms with van der Waals surface area (Å²) in [5.74, 6) is 0.771. The Morgan fingerprint density at radius 3 is 2.63 bits per heavy atom. The van der Waals surface area contributed by atoms with Crippen LogP contribution < -0.4 is 4.74 Å². The van der Waals surface area contributed by atoms with Gasteiger partial charge in [0.2, 0.25) is 11.7 Å². The average Bonchev–Trinajstić information content (AvgIpc) is 3.08. The number of hydrogen-bond donors (Lipinski definition) is 0. The second-order valence-electron chi connectivity index (χ2n) is 5.90. The van der Waals surface area contributed by atoms with Crippen LogP contribution in [0.5, 0.6) is 5.75 Å². The first-order valence-corrected chi connectivity index (χ1v) is 8.52. The van der Waals surface area contributed by atoms with Crippen molar-refractivity contribution in [3.63, 3.8) is 0 Å². The molecule has 0 unspecified atom stereocenters. The van der Waals surface area contributed by atoms with E-state index in [1.165, 1.54) is 17.0 Å². The monoisotopic (exact) mass is 389 g/mol. The molecule has 6 nitrogen and oxygen atoms in total. The van der Waals surface area contributed by atoms with Gasteiger partial charge in [0, 0.05) is 36.7 Å². The molecule has 0 aliphatic heterocycles. The molecule has 0 N–H and O–H groups in total. The number of aryl methyl sites for hydroxylation is 1. The molecule has 0 saturated heterocycles. The van der Waals surface area contributed by atoms with E-state index in [0.29, 0.717) is 23.0 Å². The molecule has 8 heteroatoms. The summed E-state index contributed by atoms with van der Waals surface area (Å²) in [5.41, 5.74) is 0.734. The topological polar surface area (TPSA) is 68.5 Å². The maximum atomic E-state index is 13.9. The quantitative estimate of drug-likeness (QED) is 0.636. The first-order chi connectivity index (χ1) is 12.9. The Hall–Kier alpha value is -2.93. The maximum absolute atomic E-state index is 13.9. The van der Waals surface area contributed by atoms with Crippen molar-refractivity contribution in [3.8, 4) is 5.75 Å². The first-order valence-electron chi connectivity index (χ1n) is 8.14. The number of carbonyl (C=O) groups is 1. The highest BCUT2D eigenvalue weighted by Gasteiger charge is 2.16. The van der Waals surface area contributed by atoms with Crippen LogP contribution in [0.2, 0.25) is 5.02 Å². The van der Waals surface area contributed by atoms with E-state index < -0.39 is 5.82 Å². The van der Waals surface area contributed by atoms with Crippen LogP contribution in [0, 0.1) is 12.7 Å². The zero-order chi connectivity index (χ0) is 19.4. The fourth-order valence-corrected chi connectivity index (χ4v) is 2.68. The standard InChI is InChI=1S/C19H17ClFN3O3/c1-12-22-18(23-27-12)11-26-14-8-6-13(7-9-14)19(25)24(2)10-15-16(20)4-3-5-17(15)21/h3-9H,10-11H2,1-2H3. The minimum absolute atomic E-state index is 0.0692. The van der Waals surface area contributed by atoms with E-state index in [-0.39, 0.29) is 29.6 Å². The highest BCUT2D eigenvalue weighted by Crippen LogP contribution is 2.21. The predicted octanol–water partition coefficient (Wildman–Crippen LogP) is 4.02. The van der Waals surface area contributed by atoms with Crippen molar-refractivity contribution in [2.45, 2.75) is 20.1 Å². The molecule has 0 aliphatic rings. The maximum Gasteiger partial charge on any atom is 0.253 e. The van der Waals surface area contributed by atoms with Crippen molar-refractivity contribution in [1.82, 2.24) is 15.0 Å². The lowest BCUT2D eigenvalue weighted by molar-refractivity contribution is 0.0784. The third kappa shape index (κ3) is 4.62. The zero-order valence-corrected chi connectivity index (χ0v) is 15.5. The Kier molecular flexibility index (Phi) is 5.71. The number of ether oxygens (including phenoxy) is 1. The van der Waals surface area contributed by atoms with Crippen LogP contribution in [-0.2, 0) is 13.2 Å². The highest BCUT2D eigenvalue weighted by atomic mass is 35.5. The van der Waals surface area contributed by atoms with Gasteiger partial charge in [-0.1, -0.05) is 22.8 Å². The van der Waals surface area contributed by atoms with Gasteiger partial charge in [-0.25, -0.2) is 4.39 Å². The van der Waals surface area contributed by atoms with Crippen LogP contribution in [0.3, 0.4) is 0 Å². The van der Waals surface area contributed by atoms with Gasteiger partial charge in [-0.3, -0.25) is 4.79 Å². The lowest BCUT2D eigenvalue weighted by Crippen LogP contribution is -2.26. The van der Waals surface area contributed by atoms with E-state index in [0.717, 1.165) is 0 Å². The molecule has 1 aromatic heterocycles. The van der Waals surface area contributed by atoms with Crippen LogP contribution >= 0.6 is 11.6 Å². The summed E-state index contributed by atoms with van der Waals surface area (Å²) in [5, 5.41) is 4.03. The number of carbonyl (C=O) groups excluding carboxylic acids is 1. The second-order valence-corrected chi connectivity index (χ2v) is 6.31. The third-order valence-electron chi connectivity index (χ3n) is 3.84. The molecule has 0 atom stereocenters. The van der Waals surface area contributed by atoms with E-state index >= 15 is 0 Å². The van der Waals surface area contributed by atoms with E-state index in [2.05, 4.69) is 10.1 Å². The Labute approximate surface area is 160 Å². The molecule has 0 spiro atoms. The van der Waals surface area contributed by atoms with Crippen molar-refractivity contribution in [3.05, 3.63) is 76.1 Å².